The maximum absolute atomic E-state index is 10.4. The lowest BCUT2D eigenvalue weighted by atomic mass is 10.0. The molecule has 0 bridgehead atoms. The molecule has 1 atom stereocenters. The molecule has 1 N–H and O–H groups in total. The first-order valence-corrected chi connectivity index (χ1v) is 8.40. The van der Waals surface area contributed by atoms with Crippen LogP contribution >= 0.6 is 0 Å². The van der Waals surface area contributed by atoms with Gasteiger partial charge in [-0.25, -0.2) is 0 Å². The molecule has 0 saturated carbocycles. The minimum atomic E-state index is -0.421. The fourth-order valence-electron chi connectivity index (χ4n) is 2.46. The van der Waals surface area contributed by atoms with Crippen LogP contribution in [0.5, 0.6) is 5.75 Å². The second-order valence-corrected chi connectivity index (χ2v) is 7.33. The molecule has 0 amide bonds. The highest BCUT2D eigenvalue weighted by Gasteiger charge is 2.20. The van der Waals surface area contributed by atoms with Crippen LogP contribution in [0, 0.1) is 5.92 Å². The maximum Gasteiger partial charge on any atom is 0.119 e. The first-order valence-electron chi connectivity index (χ1n) is 8.40. The van der Waals surface area contributed by atoms with Gasteiger partial charge in [-0.05, 0) is 57.4 Å². The first-order chi connectivity index (χ1) is 10.2. The Kier molecular flexibility index (Phi) is 7.37. The molecular formula is C19H33NO2. The Morgan fingerprint density at radius 2 is 1.73 bits per heavy atom. The zero-order valence-corrected chi connectivity index (χ0v) is 15.1. The summed E-state index contributed by atoms with van der Waals surface area (Å²) in [6, 6.07) is 7.83. The largest absolute Gasteiger partial charge is 0.493 e. The predicted octanol–water partition coefficient (Wildman–Crippen LogP) is 4.27. The third kappa shape index (κ3) is 6.37. The van der Waals surface area contributed by atoms with Crippen LogP contribution in [0.2, 0.25) is 0 Å². The molecule has 3 heteroatoms. The summed E-state index contributed by atoms with van der Waals surface area (Å²) >= 11 is 0. The van der Waals surface area contributed by atoms with Crippen molar-refractivity contribution in [2.75, 3.05) is 19.7 Å². The summed E-state index contributed by atoms with van der Waals surface area (Å²) in [6.45, 7) is 15.7. The topological polar surface area (TPSA) is 32.7 Å². The zero-order valence-electron chi connectivity index (χ0n) is 15.1. The van der Waals surface area contributed by atoms with Gasteiger partial charge < -0.3 is 9.84 Å². The Morgan fingerprint density at radius 1 is 1.14 bits per heavy atom. The molecule has 0 heterocycles. The highest BCUT2D eigenvalue weighted by atomic mass is 16.5. The number of benzene rings is 1. The minimum absolute atomic E-state index is 0.142. The molecule has 0 spiro atoms. The van der Waals surface area contributed by atoms with Crippen LogP contribution in [-0.2, 0) is 0 Å². The van der Waals surface area contributed by atoms with Crippen molar-refractivity contribution in [2.45, 2.75) is 59.6 Å². The molecule has 0 fully saturated rings. The number of ether oxygens (including phenoxy) is 1. The molecule has 1 rings (SSSR count). The summed E-state index contributed by atoms with van der Waals surface area (Å²) in [5.74, 6) is 1.39. The van der Waals surface area contributed by atoms with Gasteiger partial charge in [0.1, 0.15) is 5.75 Å². The molecular weight excluding hydrogens is 274 g/mol. The fraction of sp³-hybridized carbons (Fsp3) is 0.684. The van der Waals surface area contributed by atoms with Crippen molar-refractivity contribution in [3.8, 4) is 5.75 Å². The summed E-state index contributed by atoms with van der Waals surface area (Å²) in [5, 5.41) is 10.4. The van der Waals surface area contributed by atoms with Crippen LogP contribution in [0.4, 0.5) is 0 Å². The van der Waals surface area contributed by atoms with Gasteiger partial charge in [0.05, 0.1) is 12.7 Å². The van der Waals surface area contributed by atoms with E-state index in [1.807, 2.05) is 24.3 Å². The number of aliphatic hydroxyl groups is 1. The molecule has 0 saturated heterocycles. The molecule has 1 unspecified atom stereocenters. The lowest BCUT2D eigenvalue weighted by Gasteiger charge is -2.35. The predicted molar refractivity (Wildman–Crippen MR) is 93.4 cm³/mol. The van der Waals surface area contributed by atoms with E-state index in [-0.39, 0.29) is 5.54 Å². The van der Waals surface area contributed by atoms with Crippen molar-refractivity contribution < 1.29 is 9.84 Å². The summed E-state index contributed by atoms with van der Waals surface area (Å²) in [4.78, 5) is 2.39. The molecule has 0 aliphatic heterocycles. The van der Waals surface area contributed by atoms with Gasteiger partial charge in [-0.15, -0.1) is 0 Å². The van der Waals surface area contributed by atoms with Crippen molar-refractivity contribution in [3.05, 3.63) is 29.8 Å². The molecule has 1 aromatic carbocycles. The van der Waals surface area contributed by atoms with Crippen molar-refractivity contribution in [3.63, 3.8) is 0 Å². The molecule has 0 aromatic heterocycles. The molecule has 1 aromatic rings. The first kappa shape index (κ1) is 19.0. The van der Waals surface area contributed by atoms with Crippen molar-refractivity contribution in [1.82, 2.24) is 4.90 Å². The van der Waals surface area contributed by atoms with E-state index < -0.39 is 6.10 Å². The number of hydrogen-bond donors (Lipinski definition) is 1. The van der Waals surface area contributed by atoms with E-state index in [1.165, 1.54) is 0 Å². The van der Waals surface area contributed by atoms with Gasteiger partial charge in [0.15, 0.2) is 0 Å². The molecule has 126 valence electrons. The number of aliphatic hydroxyl groups excluding tert-OH is 1. The Morgan fingerprint density at radius 3 is 2.18 bits per heavy atom. The summed E-state index contributed by atoms with van der Waals surface area (Å²) < 4.78 is 5.67. The van der Waals surface area contributed by atoms with E-state index in [1.54, 1.807) is 0 Å². The van der Waals surface area contributed by atoms with E-state index >= 15 is 0 Å². The Bertz CT molecular complexity index is 420. The second-order valence-electron chi connectivity index (χ2n) is 7.33. The van der Waals surface area contributed by atoms with E-state index in [0.717, 1.165) is 37.4 Å². The summed E-state index contributed by atoms with van der Waals surface area (Å²) in [7, 11) is 0. The number of nitrogens with zero attached hydrogens (tertiary/aromatic N) is 1. The van der Waals surface area contributed by atoms with E-state index in [2.05, 4.69) is 46.4 Å². The van der Waals surface area contributed by atoms with Crippen LogP contribution in [-0.4, -0.2) is 35.2 Å². The van der Waals surface area contributed by atoms with Gasteiger partial charge >= 0.3 is 0 Å². The van der Waals surface area contributed by atoms with E-state index in [4.69, 9.17) is 4.74 Å². The highest BCUT2D eigenvalue weighted by molar-refractivity contribution is 5.28. The van der Waals surface area contributed by atoms with Crippen molar-refractivity contribution >= 4 is 0 Å². The van der Waals surface area contributed by atoms with Crippen LogP contribution in [0.3, 0.4) is 0 Å². The van der Waals surface area contributed by atoms with Gasteiger partial charge in [0.2, 0.25) is 0 Å². The standard InChI is InChI=1S/C19H33NO2/c1-7-20(19(4,5)6)13-12-18(21)16-8-10-17(11-9-16)22-14-15(2)3/h8-11,15,18,21H,7,12-14H2,1-6H3. The van der Waals surface area contributed by atoms with Crippen LogP contribution in [0.15, 0.2) is 24.3 Å². The Labute approximate surface area is 136 Å². The maximum atomic E-state index is 10.4. The molecule has 0 aliphatic rings. The van der Waals surface area contributed by atoms with Gasteiger partial charge in [0, 0.05) is 12.1 Å². The Hall–Kier alpha value is -1.06. The summed E-state index contributed by atoms with van der Waals surface area (Å²) in [6.07, 6.45) is 0.327. The minimum Gasteiger partial charge on any atom is -0.493 e. The molecule has 22 heavy (non-hydrogen) atoms. The van der Waals surface area contributed by atoms with Crippen molar-refractivity contribution in [1.29, 1.82) is 0 Å². The van der Waals surface area contributed by atoms with Gasteiger partial charge in [-0.2, -0.15) is 0 Å². The Balaban J connectivity index is 2.53. The number of rotatable bonds is 8. The van der Waals surface area contributed by atoms with Crippen LogP contribution in [0.1, 0.15) is 59.6 Å². The quantitative estimate of drug-likeness (QED) is 0.778. The van der Waals surface area contributed by atoms with Gasteiger partial charge in [-0.1, -0.05) is 32.9 Å². The van der Waals surface area contributed by atoms with Crippen LogP contribution in [0.25, 0.3) is 0 Å². The van der Waals surface area contributed by atoms with Gasteiger partial charge in [-0.3, -0.25) is 4.90 Å². The lowest BCUT2D eigenvalue weighted by molar-refractivity contribution is 0.0997. The van der Waals surface area contributed by atoms with Gasteiger partial charge in [0.25, 0.3) is 0 Å². The van der Waals surface area contributed by atoms with Crippen LogP contribution < -0.4 is 4.74 Å². The zero-order chi connectivity index (χ0) is 16.8. The SMILES string of the molecule is CCN(CCC(O)c1ccc(OCC(C)C)cc1)C(C)(C)C. The average molecular weight is 307 g/mol. The normalized spacial score (nSPS) is 13.7. The molecule has 0 aliphatic carbocycles. The monoisotopic (exact) mass is 307 g/mol. The summed E-state index contributed by atoms with van der Waals surface area (Å²) in [5.41, 5.74) is 1.10. The van der Waals surface area contributed by atoms with E-state index in [9.17, 15) is 5.11 Å². The highest BCUT2D eigenvalue weighted by Crippen LogP contribution is 2.22. The third-order valence-electron chi connectivity index (χ3n) is 3.85. The smallest absolute Gasteiger partial charge is 0.119 e. The van der Waals surface area contributed by atoms with Crippen molar-refractivity contribution in [2.24, 2.45) is 5.92 Å². The van der Waals surface area contributed by atoms with E-state index in [0.29, 0.717) is 5.92 Å². The fourth-order valence-corrected chi connectivity index (χ4v) is 2.46. The molecule has 3 nitrogen and oxygen atoms in total. The number of hydrogen-bond acceptors (Lipinski definition) is 3. The second kappa shape index (κ2) is 8.54. The average Bonchev–Trinajstić information content (AvgIpc) is 2.44. The lowest BCUT2D eigenvalue weighted by Crippen LogP contribution is -2.42. The third-order valence-corrected chi connectivity index (χ3v) is 3.85. The molecule has 0 radical (unpaired) electrons.